The number of imidazole rings is 1. The SMILES string of the molecule is C=Cc1nc[nH]c1C=C(C)C.CC. The second-order valence-electron chi connectivity index (χ2n) is 2.63. The van der Waals surface area contributed by atoms with Crippen molar-refractivity contribution in [2.24, 2.45) is 0 Å². The maximum absolute atomic E-state index is 4.07. The minimum Gasteiger partial charge on any atom is -0.345 e. The van der Waals surface area contributed by atoms with Crippen LogP contribution in [0, 0.1) is 0 Å². The van der Waals surface area contributed by atoms with E-state index < -0.39 is 0 Å². The second kappa shape index (κ2) is 6.23. The van der Waals surface area contributed by atoms with Gasteiger partial charge >= 0.3 is 0 Å². The van der Waals surface area contributed by atoms with E-state index in [1.54, 1.807) is 12.4 Å². The summed E-state index contributed by atoms with van der Waals surface area (Å²) in [5, 5.41) is 0. The topological polar surface area (TPSA) is 28.7 Å². The van der Waals surface area contributed by atoms with E-state index in [0.29, 0.717) is 0 Å². The molecule has 1 aromatic heterocycles. The average Bonchev–Trinajstić information content (AvgIpc) is 2.54. The fourth-order valence-corrected chi connectivity index (χ4v) is 0.882. The molecule has 13 heavy (non-hydrogen) atoms. The average molecular weight is 178 g/mol. The summed E-state index contributed by atoms with van der Waals surface area (Å²) < 4.78 is 0. The van der Waals surface area contributed by atoms with E-state index in [4.69, 9.17) is 0 Å². The van der Waals surface area contributed by atoms with Gasteiger partial charge in [0.25, 0.3) is 0 Å². The zero-order valence-corrected chi connectivity index (χ0v) is 8.89. The normalized spacial score (nSPS) is 8.31. The number of allylic oxidation sites excluding steroid dienone is 1. The third-order valence-electron chi connectivity index (χ3n) is 1.33. The number of rotatable bonds is 2. The molecule has 1 N–H and O–H groups in total. The van der Waals surface area contributed by atoms with E-state index in [9.17, 15) is 0 Å². The molecule has 0 saturated heterocycles. The van der Waals surface area contributed by atoms with Crippen molar-refractivity contribution in [2.75, 3.05) is 0 Å². The van der Waals surface area contributed by atoms with E-state index in [1.807, 2.05) is 33.8 Å². The van der Waals surface area contributed by atoms with Crippen LogP contribution >= 0.6 is 0 Å². The highest BCUT2D eigenvalue weighted by Gasteiger charge is 1.96. The Kier molecular flexibility index (Phi) is 5.60. The minimum absolute atomic E-state index is 0.909. The summed E-state index contributed by atoms with van der Waals surface area (Å²) in [6.45, 7) is 11.8. The lowest BCUT2D eigenvalue weighted by Gasteiger charge is -1.90. The van der Waals surface area contributed by atoms with Crippen LogP contribution in [0.2, 0.25) is 0 Å². The first-order chi connectivity index (χ1) is 6.24. The Bertz CT molecular complexity index is 278. The highest BCUT2D eigenvalue weighted by molar-refractivity contribution is 5.59. The number of hydrogen-bond acceptors (Lipinski definition) is 1. The van der Waals surface area contributed by atoms with Crippen LogP contribution in [0.4, 0.5) is 0 Å². The zero-order chi connectivity index (χ0) is 10.3. The predicted molar refractivity (Wildman–Crippen MR) is 59.4 cm³/mol. The molecule has 0 fully saturated rings. The van der Waals surface area contributed by atoms with Gasteiger partial charge in [0, 0.05) is 0 Å². The number of H-pyrrole nitrogens is 1. The standard InChI is InChI=1S/C9H12N2.C2H6/c1-4-8-9(5-7(2)3)11-6-10-8;1-2/h4-6H,1H2,2-3H3,(H,10,11);1-2H3. The van der Waals surface area contributed by atoms with Crippen LogP contribution in [-0.2, 0) is 0 Å². The lowest BCUT2D eigenvalue weighted by atomic mass is 10.2. The molecular formula is C11H18N2. The minimum atomic E-state index is 0.909. The predicted octanol–water partition coefficient (Wildman–Crippen LogP) is 3.50. The van der Waals surface area contributed by atoms with Crippen LogP contribution in [0.25, 0.3) is 12.2 Å². The number of hydrogen-bond donors (Lipinski definition) is 1. The number of nitrogens with zero attached hydrogens (tertiary/aromatic N) is 1. The van der Waals surface area contributed by atoms with Crippen molar-refractivity contribution < 1.29 is 0 Å². The van der Waals surface area contributed by atoms with Crippen molar-refractivity contribution in [1.82, 2.24) is 9.97 Å². The van der Waals surface area contributed by atoms with Gasteiger partial charge in [0.2, 0.25) is 0 Å². The van der Waals surface area contributed by atoms with Gasteiger partial charge in [-0.05, 0) is 26.0 Å². The summed E-state index contributed by atoms with van der Waals surface area (Å²) in [6.07, 6.45) is 5.46. The molecule has 0 aliphatic heterocycles. The highest BCUT2D eigenvalue weighted by atomic mass is 14.9. The summed E-state index contributed by atoms with van der Waals surface area (Å²) in [5.74, 6) is 0. The molecule has 0 unspecified atom stereocenters. The summed E-state index contributed by atoms with van der Waals surface area (Å²) in [6, 6.07) is 0. The molecule has 0 bridgehead atoms. The molecule has 0 amide bonds. The van der Waals surface area contributed by atoms with Crippen molar-refractivity contribution >= 4 is 12.2 Å². The van der Waals surface area contributed by atoms with Crippen LogP contribution in [-0.4, -0.2) is 9.97 Å². The molecule has 2 heteroatoms. The molecule has 0 aromatic carbocycles. The molecule has 72 valence electrons. The Morgan fingerprint density at radius 3 is 2.54 bits per heavy atom. The quantitative estimate of drug-likeness (QED) is 0.737. The second-order valence-corrected chi connectivity index (χ2v) is 2.63. The Morgan fingerprint density at radius 1 is 1.46 bits per heavy atom. The van der Waals surface area contributed by atoms with Gasteiger partial charge in [0.1, 0.15) is 0 Å². The van der Waals surface area contributed by atoms with Gasteiger partial charge in [-0.2, -0.15) is 0 Å². The number of aromatic amines is 1. The van der Waals surface area contributed by atoms with Crippen LogP contribution in [0.15, 0.2) is 18.5 Å². The summed E-state index contributed by atoms with van der Waals surface area (Å²) in [4.78, 5) is 7.10. The molecule has 0 aliphatic rings. The summed E-state index contributed by atoms with van der Waals surface area (Å²) in [5.41, 5.74) is 3.18. The van der Waals surface area contributed by atoms with E-state index >= 15 is 0 Å². The lowest BCUT2D eigenvalue weighted by molar-refractivity contribution is 1.30. The van der Waals surface area contributed by atoms with E-state index in [0.717, 1.165) is 11.4 Å². The van der Waals surface area contributed by atoms with Gasteiger partial charge in [0.15, 0.2) is 0 Å². The smallest absolute Gasteiger partial charge is 0.0931 e. The molecule has 1 heterocycles. The molecule has 2 nitrogen and oxygen atoms in total. The van der Waals surface area contributed by atoms with Crippen molar-refractivity contribution in [3.8, 4) is 0 Å². The van der Waals surface area contributed by atoms with E-state index in [-0.39, 0.29) is 0 Å². The molecule has 0 spiro atoms. The van der Waals surface area contributed by atoms with E-state index in [2.05, 4.69) is 16.5 Å². The lowest BCUT2D eigenvalue weighted by Crippen LogP contribution is -1.77. The maximum atomic E-state index is 4.07. The van der Waals surface area contributed by atoms with Crippen molar-refractivity contribution in [3.63, 3.8) is 0 Å². The number of nitrogens with one attached hydrogen (secondary N) is 1. The van der Waals surface area contributed by atoms with Crippen molar-refractivity contribution in [2.45, 2.75) is 27.7 Å². The Morgan fingerprint density at radius 2 is 2.08 bits per heavy atom. The Labute approximate surface area is 80.4 Å². The molecule has 0 saturated carbocycles. The largest absolute Gasteiger partial charge is 0.345 e. The summed E-state index contributed by atoms with van der Waals surface area (Å²) in [7, 11) is 0. The molecule has 0 atom stereocenters. The van der Waals surface area contributed by atoms with Crippen LogP contribution in [0.1, 0.15) is 39.1 Å². The zero-order valence-electron chi connectivity index (χ0n) is 8.89. The summed E-state index contributed by atoms with van der Waals surface area (Å²) >= 11 is 0. The first-order valence-electron chi connectivity index (χ1n) is 4.54. The third kappa shape index (κ3) is 3.74. The van der Waals surface area contributed by atoms with E-state index in [1.165, 1.54) is 5.57 Å². The van der Waals surface area contributed by atoms with Crippen molar-refractivity contribution in [1.29, 1.82) is 0 Å². The van der Waals surface area contributed by atoms with Gasteiger partial charge in [-0.1, -0.05) is 26.0 Å². The Hall–Kier alpha value is -1.31. The van der Waals surface area contributed by atoms with Gasteiger partial charge in [0.05, 0.1) is 17.7 Å². The van der Waals surface area contributed by atoms with Crippen molar-refractivity contribution in [3.05, 3.63) is 29.9 Å². The number of aromatic nitrogens is 2. The van der Waals surface area contributed by atoms with Crippen LogP contribution in [0.3, 0.4) is 0 Å². The van der Waals surface area contributed by atoms with Crippen LogP contribution in [0.5, 0.6) is 0 Å². The first-order valence-corrected chi connectivity index (χ1v) is 4.54. The highest BCUT2D eigenvalue weighted by Crippen LogP contribution is 2.08. The molecule has 1 aromatic rings. The van der Waals surface area contributed by atoms with Crippen LogP contribution < -0.4 is 0 Å². The Balaban J connectivity index is 0.000000671. The molecule has 1 rings (SSSR count). The fraction of sp³-hybridized carbons (Fsp3) is 0.364. The van der Waals surface area contributed by atoms with Gasteiger partial charge in [-0.3, -0.25) is 0 Å². The fourth-order valence-electron chi connectivity index (χ4n) is 0.882. The third-order valence-corrected chi connectivity index (χ3v) is 1.33. The van der Waals surface area contributed by atoms with Gasteiger partial charge in [-0.15, -0.1) is 0 Å². The molecular weight excluding hydrogens is 160 g/mol. The molecule has 0 aliphatic carbocycles. The maximum Gasteiger partial charge on any atom is 0.0931 e. The van der Waals surface area contributed by atoms with Gasteiger partial charge < -0.3 is 4.98 Å². The van der Waals surface area contributed by atoms with Gasteiger partial charge in [-0.25, -0.2) is 4.98 Å². The monoisotopic (exact) mass is 178 g/mol. The first kappa shape index (κ1) is 11.7. The molecule has 0 radical (unpaired) electrons.